The van der Waals surface area contributed by atoms with Crippen LogP contribution in [0.2, 0.25) is 5.15 Å². The van der Waals surface area contributed by atoms with Crippen molar-refractivity contribution in [2.24, 2.45) is 12.8 Å². The number of nitrogens with zero attached hydrogens (tertiary/aromatic N) is 2. The first-order valence-corrected chi connectivity index (χ1v) is 3.42. The van der Waals surface area contributed by atoms with Crippen molar-refractivity contribution in [1.29, 1.82) is 0 Å². The Balaban J connectivity index is 3.20. The molecular formula is C6H10ClN3. The lowest BCUT2D eigenvalue weighted by Crippen LogP contribution is -1.97. The van der Waals surface area contributed by atoms with Crippen LogP contribution in [0.1, 0.15) is 11.3 Å². The number of halogens is 1. The summed E-state index contributed by atoms with van der Waals surface area (Å²) in [5.74, 6) is 0. The predicted octanol–water partition coefficient (Wildman–Crippen LogP) is 0.841. The molecule has 1 aromatic heterocycles. The molecule has 0 saturated carbocycles. The second kappa shape index (κ2) is 2.60. The van der Waals surface area contributed by atoms with Crippen LogP contribution >= 0.6 is 11.6 Å². The Morgan fingerprint density at radius 1 is 1.70 bits per heavy atom. The first-order valence-electron chi connectivity index (χ1n) is 3.05. The molecule has 0 aliphatic carbocycles. The maximum Gasteiger partial charge on any atom is 0.131 e. The molecule has 0 atom stereocenters. The summed E-state index contributed by atoms with van der Waals surface area (Å²) in [7, 11) is 1.80. The molecule has 0 radical (unpaired) electrons. The largest absolute Gasteiger partial charge is 0.326 e. The van der Waals surface area contributed by atoms with Crippen LogP contribution in [0.5, 0.6) is 0 Å². The van der Waals surface area contributed by atoms with Gasteiger partial charge in [-0.1, -0.05) is 11.6 Å². The van der Waals surface area contributed by atoms with Gasteiger partial charge in [0.25, 0.3) is 0 Å². The normalized spacial score (nSPS) is 10.4. The van der Waals surface area contributed by atoms with Gasteiger partial charge in [0.1, 0.15) is 5.15 Å². The lowest BCUT2D eigenvalue weighted by atomic mass is 10.3. The third-order valence-corrected chi connectivity index (χ3v) is 1.95. The average molecular weight is 160 g/mol. The molecule has 1 aromatic rings. The van der Waals surface area contributed by atoms with Crippen molar-refractivity contribution in [3.05, 3.63) is 16.4 Å². The van der Waals surface area contributed by atoms with E-state index in [4.69, 9.17) is 17.3 Å². The fourth-order valence-corrected chi connectivity index (χ4v) is 1.16. The van der Waals surface area contributed by atoms with Crippen LogP contribution in [0.25, 0.3) is 0 Å². The Morgan fingerprint density at radius 3 is 2.50 bits per heavy atom. The maximum absolute atomic E-state index is 5.83. The van der Waals surface area contributed by atoms with E-state index < -0.39 is 0 Å². The highest BCUT2D eigenvalue weighted by Crippen LogP contribution is 2.16. The van der Waals surface area contributed by atoms with Crippen LogP contribution in [0.4, 0.5) is 0 Å². The van der Waals surface area contributed by atoms with Gasteiger partial charge in [-0.15, -0.1) is 0 Å². The molecule has 0 aliphatic heterocycles. The quantitative estimate of drug-likeness (QED) is 0.660. The lowest BCUT2D eigenvalue weighted by Gasteiger charge is -1.92. The van der Waals surface area contributed by atoms with Crippen molar-refractivity contribution < 1.29 is 0 Å². The summed E-state index contributed by atoms with van der Waals surface area (Å²) in [4.78, 5) is 0. The summed E-state index contributed by atoms with van der Waals surface area (Å²) in [5.41, 5.74) is 7.27. The smallest absolute Gasteiger partial charge is 0.131 e. The van der Waals surface area contributed by atoms with Gasteiger partial charge in [0.2, 0.25) is 0 Å². The number of hydrogen-bond acceptors (Lipinski definition) is 2. The number of nitrogens with two attached hydrogens (primary N) is 1. The van der Waals surface area contributed by atoms with Gasteiger partial charge in [-0.25, -0.2) is 0 Å². The Bertz CT molecular complexity index is 241. The molecule has 0 saturated heterocycles. The summed E-state index contributed by atoms with van der Waals surface area (Å²) in [6, 6.07) is 0. The summed E-state index contributed by atoms with van der Waals surface area (Å²) in [5, 5.41) is 4.73. The molecule has 0 bridgehead atoms. The Kier molecular flexibility index (Phi) is 1.97. The molecule has 0 unspecified atom stereocenters. The molecule has 1 heterocycles. The zero-order valence-electron chi connectivity index (χ0n) is 6.06. The van der Waals surface area contributed by atoms with Gasteiger partial charge in [0.15, 0.2) is 0 Å². The molecule has 0 amide bonds. The molecule has 10 heavy (non-hydrogen) atoms. The Labute approximate surface area is 64.8 Å². The highest BCUT2D eigenvalue weighted by atomic mass is 35.5. The molecule has 0 fully saturated rings. The van der Waals surface area contributed by atoms with Crippen LogP contribution in [0.3, 0.4) is 0 Å². The molecule has 2 N–H and O–H groups in total. The number of aromatic nitrogens is 2. The minimum atomic E-state index is 0.457. The second-order valence-electron chi connectivity index (χ2n) is 2.18. The molecule has 3 nitrogen and oxygen atoms in total. The second-order valence-corrected chi connectivity index (χ2v) is 2.54. The molecule has 56 valence electrons. The van der Waals surface area contributed by atoms with Gasteiger partial charge < -0.3 is 5.73 Å². The van der Waals surface area contributed by atoms with E-state index in [0.29, 0.717) is 11.7 Å². The van der Waals surface area contributed by atoms with Crippen molar-refractivity contribution in [2.75, 3.05) is 0 Å². The van der Waals surface area contributed by atoms with Gasteiger partial charge in [-0.3, -0.25) is 4.68 Å². The predicted molar refractivity (Wildman–Crippen MR) is 40.8 cm³/mol. The van der Waals surface area contributed by atoms with Gasteiger partial charge in [0, 0.05) is 19.2 Å². The van der Waals surface area contributed by atoms with Crippen molar-refractivity contribution in [3.8, 4) is 0 Å². The van der Waals surface area contributed by atoms with Crippen LogP contribution in [0, 0.1) is 6.92 Å². The molecular weight excluding hydrogens is 150 g/mol. The number of rotatable bonds is 1. The average Bonchev–Trinajstić information content (AvgIpc) is 2.09. The molecule has 0 aliphatic rings. The van der Waals surface area contributed by atoms with E-state index in [0.717, 1.165) is 11.3 Å². The zero-order valence-corrected chi connectivity index (χ0v) is 6.81. The summed E-state index contributed by atoms with van der Waals surface area (Å²) >= 11 is 5.83. The molecule has 0 spiro atoms. The van der Waals surface area contributed by atoms with E-state index in [1.807, 2.05) is 6.92 Å². The fraction of sp³-hybridized carbons (Fsp3) is 0.500. The SMILES string of the molecule is Cc1nn(C)c(Cl)c1CN. The van der Waals surface area contributed by atoms with E-state index in [9.17, 15) is 0 Å². The number of hydrogen-bond donors (Lipinski definition) is 1. The first-order chi connectivity index (χ1) is 4.66. The lowest BCUT2D eigenvalue weighted by molar-refractivity contribution is 0.757. The van der Waals surface area contributed by atoms with Crippen molar-refractivity contribution in [3.63, 3.8) is 0 Å². The standard InChI is InChI=1S/C6H10ClN3/c1-4-5(3-8)6(7)10(2)9-4/h3,8H2,1-2H3. The van der Waals surface area contributed by atoms with Crippen LogP contribution in [-0.4, -0.2) is 9.78 Å². The van der Waals surface area contributed by atoms with E-state index >= 15 is 0 Å². The van der Waals surface area contributed by atoms with Crippen LogP contribution in [-0.2, 0) is 13.6 Å². The Morgan fingerprint density at radius 2 is 2.30 bits per heavy atom. The zero-order chi connectivity index (χ0) is 7.72. The first kappa shape index (κ1) is 7.57. The third-order valence-electron chi connectivity index (χ3n) is 1.47. The van der Waals surface area contributed by atoms with E-state index in [1.54, 1.807) is 11.7 Å². The van der Waals surface area contributed by atoms with E-state index in [2.05, 4.69) is 5.10 Å². The minimum absolute atomic E-state index is 0.457. The topological polar surface area (TPSA) is 43.8 Å². The van der Waals surface area contributed by atoms with Crippen molar-refractivity contribution >= 4 is 11.6 Å². The Hall–Kier alpha value is -0.540. The summed E-state index contributed by atoms with van der Waals surface area (Å²) < 4.78 is 1.62. The minimum Gasteiger partial charge on any atom is -0.326 e. The maximum atomic E-state index is 5.83. The van der Waals surface area contributed by atoms with Crippen molar-refractivity contribution in [1.82, 2.24) is 9.78 Å². The van der Waals surface area contributed by atoms with Gasteiger partial charge in [-0.2, -0.15) is 5.10 Å². The van der Waals surface area contributed by atoms with Gasteiger partial charge in [-0.05, 0) is 6.92 Å². The van der Waals surface area contributed by atoms with E-state index in [-0.39, 0.29) is 0 Å². The molecule has 4 heteroatoms. The van der Waals surface area contributed by atoms with Crippen molar-refractivity contribution in [2.45, 2.75) is 13.5 Å². The van der Waals surface area contributed by atoms with E-state index in [1.165, 1.54) is 0 Å². The van der Waals surface area contributed by atoms with Crippen LogP contribution < -0.4 is 5.73 Å². The molecule has 0 aromatic carbocycles. The monoisotopic (exact) mass is 159 g/mol. The third kappa shape index (κ3) is 1.02. The highest BCUT2D eigenvalue weighted by Gasteiger charge is 2.07. The summed E-state index contributed by atoms with van der Waals surface area (Å²) in [6.07, 6.45) is 0. The van der Waals surface area contributed by atoms with Gasteiger partial charge in [0.05, 0.1) is 5.69 Å². The van der Waals surface area contributed by atoms with Gasteiger partial charge >= 0.3 is 0 Å². The fourth-order valence-electron chi connectivity index (χ4n) is 0.906. The summed E-state index contributed by atoms with van der Waals surface area (Å²) in [6.45, 7) is 2.35. The highest BCUT2D eigenvalue weighted by molar-refractivity contribution is 6.30. The number of aryl methyl sites for hydroxylation is 2. The van der Waals surface area contributed by atoms with Crippen LogP contribution in [0.15, 0.2) is 0 Å². The molecule has 1 rings (SSSR count).